The molecule has 0 radical (unpaired) electrons. The first-order valence-corrected chi connectivity index (χ1v) is 13.3. The van der Waals surface area contributed by atoms with E-state index >= 15 is 0 Å². The summed E-state index contributed by atoms with van der Waals surface area (Å²) in [5.41, 5.74) is 0. The van der Waals surface area contributed by atoms with E-state index in [0.717, 1.165) is 51.6 Å². The molecule has 1 unspecified atom stereocenters. The van der Waals surface area contributed by atoms with E-state index in [0.29, 0.717) is 32.0 Å². The molecule has 29 heavy (non-hydrogen) atoms. The molecule has 0 bridgehead atoms. The Labute approximate surface area is 174 Å². The summed E-state index contributed by atoms with van der Waals surface area (Å²) in [5.74, 6) is 0.923. The van der Waals surface area contributed by atoms with Crippen molar-refractivity contribution in [2.24, 2.45) is 5.92 Å². The summed E-state index contributed by atoms with van der Waals surface area (Å²) in [6.07, 6.45) is 9.19. The van der Waals surface area contributed by atoms with Crippen LogP contribution in [0, 0.1) is 5.92 Å². The van der Waals surface area contributed by atoms with Gasteiger partial charge < -0.3 is 9.80 Å². The molecule has 2 saturated heterocycles. The minimum absolute atomic E-state index is 0.0783. The summed E-state index contributed by atoms with van der Waals surface area (Å²) in [6.45, 7) is 3.20. The number of carbonyl (C=O) groups is 2. The minimum Gasteiger partial charge on any atom is -0.340 e. The summed E-state index contributed by atoms with van der Waals surface area (Å²) >= 11 is 0. The maximum Gasteiger partial charge on any atom is 0.237 e. The van der Waals surface area contributed by atoms with Gasteiger partial charge in [-0.25, -0.2) is 8.42 Å². The number of hydrogen-bond donors (Lipinski definition) is 0. The molecule has 2 amide bonds. The van der Waals surface area contributed by atoms with Gasteiger partial charge in [-0.3, -0.25) is 14.5 Å². The molecule has 2 aliphatic carbocycles. The van der Waals surface area contributed by atoms with Crippen LogP contribution >= 0.6 is 0 Å². The van der Waals surface area contributed by atoms with Gasteiger partial charge in [-0.15, -0.1) is 0 Å². The molecule has 8 heteroatoms. The maximum atomic E-state index is 13.2. The van der Waals surface area contributed by atoms with Crippen LogP contribution in [-0.2, 0) is 19.4 Å². The fourth-order valence-corrected chi connectivity index (χ4v) is 7.42. The lowest BCUT2D eigenvalue weighted by molar-refractivity contribution is -0.139. The summed E-state index contributed by atoms with van der Waals surface area (Å²) in [7, 11) is -3.01. The lowest BCUT2D eigenvalue weighted by Gasteiger charge is -2.39. The molecule has 0 aromatic carbocycles. The van der Waals surface area contributed by atoms with Crippen molar-refractivity contribution in [3.05, 3.63) is 0 Å². The van der Waals surface area contributed by atoms with Crippen molar-refractivity contribution in [3.63, 3.8) is 0 Å². The quantitative estimate of drug-likeness (QED) is 0.663. The Balaban J connectivity index is 1.32. The molecule has 0 spiro atoms. The third-order valence-electron chi connectivity index (χ3n) is 7.36. The molecular weight excluding hydrogens is 390 g/mol. The highest BCUT2D eigenvalue weighted by atomic mass is 32.2. The van der Waals surface area contributed by atoms with Gasteiger partial charge in [0.2, 0.25) is 11.8 Å². The Hall–Kier alpha value is -1.15. The second kappa shape index (κ2) is 8.92. The van der Waals surface area contributed by atoms with E-state index in [1.54, 1.807) is 0 Å². The molecule has 2 saturated carbocycles. The van der Waals surface area contributed by atoms with Gasteiger partial charge in [-0.1, -0.05) is 25.7 Å². The average Bonchev–Trinajstić information content (AvgIpc) is 3.45. The Kier molecular flexibility index (Phi) is 6.49. The SMILES string of the molecule is O=C(C1CCCC1)N1CCN(CC(=O)N(C2CCCC2)C2CCS(=O)(=O)C2)CC1. The molecule has 0 aromatic rings. The van der Waals surface area contributed by atoms with Crippen molar-refractivity contribution in [1.82, 2.24) is 14.7 Å². The number of hydrogen-bond acceptors (Lipinski definition) is 5. The summed E-state index contributed by atoms with van der Waals surface area (Å²) in [4.78, 5) is 31.9. The lowest BCUT2D eigenvalue weighted by atomic mass is 10.1. The van der Waals surface area contributed by atoms with E-state index in [2.05, 4.69) is 4.90 Å². The number of piperazine rings is 1. The summed E-state index contributed by atoms with van der Waals surface area (Å²) in [5, 5.41) is 0. The number of rotatable bonds is 5. The first-order chi connectivity index (χ1) is 13.9. The zero-order valence-electron chi connectivity index (χ0n) is 17.4. The van der Waals surface area contributed by atoms with Crippen molar-refractivity contribution in [3.8, 4) is 0 Å². The van der Waals surface area contributed by atoms with Crippen molar-refractivity contribution in [2.45, 2.75) is 69.9 Å². The van der Waals surface area contributed by atoms with Crippen LogP contribution in [-0.4, -0.2) is 91.2 Å². The maximum absolute atomic E-state index is 13.2. The van der Waals surface area contributed by atoms with Crippen LogP contribution in [0.1, 0.15) is 57.8 Å². The molecule has 1 atom stereocenters. The van der Waals surface area contributed by atoms with Gasteiger partial charge in [-0.05, 0) is 32.1 Å². The van der Waals surface area contributed by atoms with Crippen LogP contribution in [0.5, 0.6) is 0 Å². The summed E-state index contributed by atoms with van der Waals surface area (Å²) < 4.78 is 24.0. The molecular formula is C21H35N3O4S. The van der Waals surface area contributed by atoms with Crippen molar-refractivity contribution in [1.29, 1.82) is 0 Å². The second-order valence-electron chi connectivity index (χ2n) is 9.38. The van der Waals surface area contributed by atoms with Gasteiger partial charge in [-0.2, -0.15) is 0 Å². The Morgan fingerprint density at radius 1 is 0.828 bits per heavy atom. The normalized spacial score (nSPS) is 28.8. The predicted molar refractivity (Wildman–Crippen MR) is 111 cm³/mol. The van der Waals surface area contributed by atoms with E-state index in [1.807, 2.05) is 9.80 Å². The third-order valence-corrected chi connectivity index (χ3v) is 9.11. The predicted octanol–water partition coefficient (Wildman–Crippen LogP) is 1.28. The van der Waals surface area contributed by atoms with E-state index in [9.17, 15) is 18.0 Å². The third kappa shape index (κ3) is 4.95. The first-order valence-electron chi connectivity index (χ1n) is 11.5. The highest BCUT2D eigenvalue weighted by molar-refractivity contribution is 7.91. The van der Waals surface area contributed by atoms with Crippen LogP contribution in [0.15, 0.2) is 0 Å². The molecule has 4 rings (SSSR count). The Morgan fingerprint density at radius 3 is 2.03 bits per heavy atom. The van der Waals surface area contributed by atoms with E-state index < -0.39 is 9.84 Å². The largest absolute Gasteiger partial charge is 0.340 e. The van der Waals surface area contributed by atoms with Crippen LogP contribution in [0.3, 0.4) is 0 Å². The highest BCUT2D eigenvalue weighted by Gasteiger charge is 2.39. The smallest absolute Gasteiger partial charge is 0.237 e. The summed E-state index contributed by atoms with van der Waals surface area (Å²) in [6, 6.07) is 0.0480. The minimum atomic E-state index is -3.01. The van der Waals surface area contributed by atoms with Gasteiger partial charge in [0.15, 0.2) is 9.84 Å². The second-order valence-corrected chi connectivity index (χ2v) is 11.6. The fourth-order valence-electron chi connectivity index (χ4n) is 5.71. The zero-order chi connectivity index (χ0) is 20.4. The van der Waals surface area contributed by atoms with Gasteiger partial charge >= 0.3 is 0 Å². The standard InChI is InChI=1S/C21H35N3O4S/c25-20(24(18-7-3-4-8-18)19-9-14-29(27,28)16-19)15-22-10-12-23(13-11-22)21(26)17-5-1-2-6-17/h17-19H,1-16H2. The number of sulfone groups is 1. The van der Waals surface area contributed by atoms with Gasteiger partial charge in [0.25, 0.3) is 0 Å². The molecule has 7 nitrogen and oxygen atoms in total. The van der Waals surface area contributed by atoms with Gasteiger partial charge in [0.1, 0.15) is 0 Å². The van der Waals surface area contributed by atoms with Crippen LogP contribution in [0.4, 0.5) is 0 Å². The van der Waals surface area contributed by atoms with Crippen molar-refractivity contribution < 1.29 is 18.0 Å². The molecule has 0 N–H and O–H groups in total. The highest BCUT2D eigenvalue weighted by Crippen LogP contribution is 2.30. The number of nitrogens with zero attached hydrogens (tertiary/aromatic N) is 3. The first kappa shape index (κ1) is 21.1. The molecule has 4 aliphatic rings. The average molecular weight is 426 g/mol. The topological polar surface area (TPSA) is 78.0 Å². The number of carbonyl (C=O) groups excluding carboxylic acids is 2. The molecule has 2 aliphatic heterocycles. The number of amides is 2. The monoisotopic (exact) mass is 425 g/mol. The molecule has 164 valence electrons. The van der Waals surface area contributed by atoms with Crippen LogP contribution < -0.4 is 0 Å². The van der Waals surface area contributed by atoms with Crippen molar-refractivity contribution >= 4 is 21.7 Å². The fraction of sp³-hybridized carbons (Fsp3) is 0.905. The Morgan fingerprint density at radius 2 is 1.45 bits per heavy atom. The zero-order valence-corrected chi connectivity index (χ0v) is 18.2. The molecule has 2 heterocycles. The van der Waals surface area contributed by atoms with E-state index in [-0.39, 0.29) is 35.4 Å². The molecule has 0 aromatic heterocycles. The van der Waals surface area contributed by atoms with E-state index in [1.165, 1.54) is 12.8 Å². The van der Waals surface area contributed by atoms with Gasteiger partial charge in [0, 0.05) is 44.2 Å². The van der Waals surface area contributed by atoms with Crippen LogP contribution in [0.25, 0.3) is 0 Å². The van der Waals surface area contributed by atoms with Crippen LogP contribution in [0.2, 0.25) is 0 Å². The molecule has 4 fully saturated rings. The van der Waals surface area contributed by atoms with Crippen molar-refractivity contribution in [2.75, 3.05) is 44.2 Å². The van der Waals surface area contributed by atoms with E-state index in [4.69, 9.17) is 0 Å². The Bertz CT molecular complexity index is 705. The lowest BCUT2D eigenvalue weighted by Crippen LogP contribution is -2.55. The van der Waals surface area contributed by atoms with Gasteiger partial charge in [0.05, 0.1) is 18.1 Å².